The maximum atomic E-state index is 11.6. The highest BCUT2D eigenvalue weighted by Crippen LogP contribution is 2.17. The van der Waals surface area contributed by atoms with E-state index in [9.17, 15) is 4.79 Å². The van der Waals surface area contributed by atoms with Crippen molar-refractivity contribution in [3.63, 3.8) is 0 Å². The lowest BCUT2D eigenvalue weighted by atomic mass is 10.2. The van der Waals surface area contributed by atoms with Crippen LogP contribution in [-0.2, 0) is 4.79 Å². The predicted molar refractivity (Wildman–Crippen MR) is 56.5 cm³/mol. The van der Waals surface area contributed by atoms with Crippen LogP contribution in [0.25, 0.3) is 0 Å². The fraction of sp³-hybridized carbons (Fsp3) is 0.556. The van der Waals surface area contributed by atoms with Gasteiger partial charge in [0.1, 0.15) is 0 Å². The molecule has 76 valence electrons. The highest BCUT2D eigenvalue weighted by Gasteiger charge is 2.22. The van der Waals surface area contributed by atoms with Crippen LogP contribution < -0.4 is 10.6 Å². The van der Waals surface area contributed by atoms with Crippen LogP contribution in [0.1, 0.15) is 17.7 Å². The summed E-state index contributed by atoms with van der Waals surface area (Å²) in [5.74, 6) is 0.0388. The Bertz CT molecular complexity index is 331. The second-order valence-corrected chi connectivity index (χ2v) is 4.65. The number of aryl methyl sites for hydroxylation is 1. The minimum atomic E-state index is -0.0285. The van der Waals surface area contributed by atoms with Gasteiger partial charge in [0, 0.05) is 11.1 Å². The molecule has 0 aliphatic carbocycles. The predicted octanol–water partition coefficient (Wildman–Crippen LogP) is 1.14. The Morgan fingerprint density at radius 3 is 3.21 bits per heavy atom. The molecule has 1 unspecified atom stereocenters. The molecule has 1 fully saturated rings. The molecule has 14 heavy (non-hydrogen) atoms. The van der Waals surface area contributed by atoms with E-state index in [4.69, 9.17) is 0 Å². The van der Waals surface area contributed by atoms with E-state index in [0.29, 0.717) is 5.13 Å². The zero-order chi connectivity index (χ0) is 9.97. The summed E-state index contributed by atoms with van der Waals surface area (Å²) < 4.78 is 0. The summed E-state index contributed by atoms with van der Waals surface area (Å²) in [6, 6.07) is -0.0285. The van der Waals surface area contributed by atoms with E-state index >= 15 is 0 Å². The normalized spacial score (nSPS) is 21.1. The molecule has 5 heteroatoms. The maximum absolute atomic E-state index is 11.6. The first-order chi connectivity index (χ1) is 6.75. The fourth-order valence-electron chi connectivity index (χ4n) is 1.51. The zero-order valence-electron chi connectivity index (χ0n) is 8.04. The quantitative estimate of drug-likeness (QED) is 0.771. The van der Waals surface area contributed by atoms with Crippen molar-refractivity contribution >= 4 is 22.4 Å². The molecule has 1 saturated heterocycles. The number of nitrogens with one attached hydrogen (secondary N) is 2. The number of carbonyl (C=O) groups excluding carboxylic acids is 1. The lowest BCUT2D eigenvalue weighted by molar-refractivity contribution is -0.117. The number of hydrogen-bond donors (Lipinski definition) is 2. The summed E-state index contributed by atoms with van der Waals surface area (Å²) >= 11 is 1.50. The molecule has 1 aromatic rings. The van der Waals surface area contributed by atoms with Gasteiger partial charge in [0.15, 0.2) is 5.13 Å². The molecule has 1 aromatic heterocycles. The van der Waals surface area contributed by atoms with Crippen LogP contribution in [0.15, 0.2) is 6.20 Å². The van der Waals surface area contributed by atoms with E-state index < -0.39 is 0 Å². The topological polar surface area (TPSA) is 54.0 Å². The minimum Gasteiger partial charge on any atom is -0.306 e. The number of anilines is 1. The van der Waals surface area contributed by atoms with Crippen molar-refractivity contribution in [1.29, 1.82) is 0 Å². The molecule has 0 spiro atoms. The molecule has 1 aliphatic heterocycles. The molecule has 1 amide bonds. The van der Waals surface area contributed by atoms with E-state index in [0.717, 1.165) is 24.3 Å². The summed E-state index contributed by atoms with van der Waals surface area (Å²) in [4.78, 5) is 16.8. The highest BCUT2D eigenvalue weighted by atomic mass is 32.1. The second kappa shape index (κ2) is 4.06. The Morgan fingerprint density at radius 2 is 2.64 bits per heavy atom. The van der Waals surface area contributed by atoms with Gasteiger partial charge < -0.3 is 10.6 Å². The number of carbonyl (C=O) groups is 1. The average Bonchev–Trinajstić information content (AvgIpc) is 2.75. The van der Waals surface area contributed by atoms with Crippen LogP contribution >= 0.6 is 11.3 Å². The van der Waals surface area contributed by atoms with E-state index in [1.54, 1.807) is 6.20 Å². The summed E-state index contributed by atoms with van der Waals surface area (Å²) in [7, 11) is 0. The molecular weight excluding hydrogens is 198 g/mol. The molecule has 2 heterocycles. The van der Waals surface area contributed by atoms with Gasteiger partial charge in [0.2, 0.25) is 5.91 Å². The Balaban J connectivity index is 1.93. The van der Waals surface area contributed by atoms with E-state index in [-0.39, 0.29) is 11.9 Å². The van der Waals surface area contributed by atoms with Crippen molar-refractivity contribution in [2.45, 2.75) is 25.8 Å². The number of hydrogen-bond acceptors (Lipinski definition) is 4. The molecular formula is C9H13N3OS. The summed E-state index contributed by atoms with van der Waals surface area (Å²) in [5.41, 5.74) is 0. The van der Waals surface area contributed by atoms with Crippen molar-refractivity contribution in [1.82, 2.24) is 10.3 Å². The standard InChI is InChI=1S/C9H13N3OS/c1-6-5-11-9(14-6)12-8(13)7-3-2-4-10-7/h5,7,10H,2-4H2,1H3,(H,11,12,13). The van der Waals surface area contributed by atoms with E-state index in [1.165, 1.54) is 11.3 Å². The first-order valence-electron chi connectivity index (χ1n) is 4.72. The minimum absolute atomic E-state index is 0.0285. The number of rotatable bonds is 2. The van der Waals surface area contributed by atoms with Gasteiger partial charge in [-0.05, 0) is 26.3 Å². The van der Waals surface area contributed by atoms with Gasteiger partial charge in [0.25, 0.3) is 0 Å². The largest absolute Gasteiger partial charge is 0.306 e. The van der Waals surface area contributed by atoms with Crippen LogP contribution in [-0.4, -0.2) is 23.5 Å². The molecule has 0 saturated carbocycles. The lowest BCUT2D eigenvalue weighted by Gasteiger charge is -2.08. The Kier molecular flexibility index (Phi) is 2.79. The van der Waals surface area contributed by atoms with Gasteiger partial charge in [-0.2, -0.15) is 0 Å². The number of amides is 1. The van der Waals surface area contributed by atoms with Crippen LogP contribution in [0.4, 0.5) is 5.13 Å². The molecule has 0 radical (unpaired) electrons. The number of nitrogens with zero attached hydrogens (tertiary/aromatic N) is 1. The number of aromatic nitrogens is 1. The van der Waals surface area contributed by atoms with Crippen LogP contribution in [0.5, 0.6) is 0 Å². The number of thiazole rings is 1. The maximum Gasteiger partial charge on any atom is 0.243 e. The molecule has 1 aliphatic rings. The zero-order valence-corrected chi connectivity index (χ0v) is 8.86. The van der Waals surface area contributed by atoms with Crippen molar-refractivity contribution in [2.75, 3.05) is 11.9 Å². The molecule has 0 bridgehead atoms. The third kappa shape index (κ3) is 2.10. The van der Waals surface area contributed by atoms with Crippen molar-refractivity contribution in [3.05, 3.63) is 11.1 Å². The monoisotopic (exact) mass is 211 g/mol. The van der Waals surface area contributed by atoms with Crippen molar-refractivity contribution in [2.24, 2.45) is 0 Å². The third-order valence-electron chi connectivity index (χ3n) is 2.23. The molecule has 4 nitrogen and oxygen atoms in total. The SMILES string of the molecule is Cc1cnc(NC(=O)C2CCCN2)s1. The van der Waals surface area contributed by atoms with Gasteiger partial charge in [0.05, 0.1) is 6.04 Å². The van der Waals surface area contributed by atoms with Gasteiger partial charge >= 0.3 is 0 Å². The first kappa shape index (κ1) is 9.61. The van der Waals surface area contributed by atoms with Gasteiger partial charge in [-0.15, -0.1) is 11.3 Å². The van der Waals surface area contributed by atoms with Gasteiger partial charge in [-0.1, -0.05) is 0 Å². The van der Waals surface area contributed by atoms with Crippen LogP contribution in [0, 0.1) is 6.92 Å². The van der Waals surface area contributed by atoms with Gasteiger partial charge in [-0.25, -0.2) is 4.98 Å². The molecule has 1 atom stereocenters. The fourth-order valence-corrected chi connectivity index (χ4v) is 2.18. The molecule has 2 N–H and O–H groups in total. The third-order valence-corrected chi connectivity index (χ3v) is 3.06. The van der Waals surface area contributed by atoms with Gasteiger partial charge in [-0.3, -0.25) is 4.79 Å². The van der Waals surface area contributed by atoms with E-state index in [1.807, 2.05) is 6.92 Å². The Morgan fingerprint density at radius 1 is 1.79 bits per heavy atom. The highest BCUT2D eigenvalue weighted by molar-refractivity contribution is 7.15. The average molecular weight is 211 g/mol. The Hall–Kier alpha value is -0.940. The van der Waals surface area contributed by atoms with E-state index in [2.05, 4.69) is 15.6 Å². The molecule has 2 rings (SSSR count). The second-order valence-electron chi connectivity index (χ2n) is 3.41. The lowest BCUT2D eigenvalue weighted by Crippen LogP contribution is -2.35. The first-order valence-corrected chi connectivity index (χ1v) is 5.54. The van der Waals surface area contributed by atoms with Crippen molar-refractivity contribution < 1.29 is 4.79 Å². The van der Waals surface area contributed by atoms with Crippen LogP contribution in [0.2, 0.25) is 0 Å². The summed E-state index contributed by atoms with van der Waals surface area (Å²) in [6.45, 7) is 2.91. The summed E-state index contributed by atoms with van der Waals surface area (Å²) in [5, 5.41) is 6.65. The Labute approximate surface area is 86.7 Å². The smallest absolute Gasteiger partial charge is 0.243 e. The summed E-state index contributed by atoms with van der Waals surface area (Å²) in [6.07, 6.45) is 3.77. The molecule has 0 aromatic carbocycles. The van der Waals surface area contributed by atoms with Crippen LogP contribution in [0.3, 0.4) is 0 Å². The van der Waals surface area contributed by atoms with Crippen molar-refractivity contribution in [3.8, 4) is 0 Å².